The minimum absolute atomic E-state index is 0.0467. The molecule has 126 valence electrons. The van der Waals surface area contributed by atoms with Gasteiger partial charge < -0.3 is 4.74 Å². The fraction of sp³-hybridized carbons (Fsp3) is 0.0526. The van der Waals surface area contributed by atoms with Gasteiger partial charge in [0.25, 0.3) is 11.8 Å². The maximum Gasteiger partial charge on any atom is 0.282 e. The highest BCUT2D eigenvalue weighted by atomic mass is 79.9. The van der Waals surface area contributed by atoms with Crippen molar-refractivity contribution in [3.8, 4) is 5.75 Å². The Morgan fingerprint density at radius 2 is 1.92 bits per heavy atom. The summed E-state index contributed by atoms with van der Waals surface area (Å²) < 4.78 is 6.41. The standard InChI is InChI=1S/C19H15BrN2O3/c1-2-10-25-17-9-8-14(20)11-13(17)12-16-18(23)21-22(19(16)24)15-6-4-3-5-7-15/h2-9,11-12H,1,10H2,(H,21,23)/b16-12-. The molecule has 1 saturated heterocycles. The number of amides is 2. The van der Waals surface area contributed by atoms with Gasteiger partial charge in [0.05, 0.1) is 5.69 Å². The minimum atomic E-state index is -0.455. The number of halogens is 1. The number of rotatable bonds is 5. The van der Waals surface area contributed by atoms with Crippen LogP contribution in [0, 0.1) is 0 Å². The fourth-order valence-electron chi connectivity index (χ4n) is 2.38. The molecule has 0 aromatic heterocycles. The number of hydrazine groups is 1. The van der Waals surface area contributed by atoms with Crippen molar-refractivity contribution in [2.45, 2.75) is 0 Å². The van der Waals surface area contributed by atoms with Crippen LogP contribution < -0.4 is 15.2 Å². The number of para-hydroxylation sites is 1. The quantitative estimate of drug-likeness (QED) is 0.476. The van der Waals surface area contributed by atoms with Gasteiger partial charge in [-0.25, -0.2) is 5.01 Å². The van der Waals surface area contributed by atoms with Crippen LogP contribution in [0.1, 0.15) is 5.56 Å². The first-order chi connectivity index (χ1) is 12.1. The average Bonchev–Trinajstić information content (AvgIpc) is 2.90. The number of benzene rings is 2. The Labute approximate surface area is 153 Å². The average molecular weight is 399 g/mol. The van der Waals surface area contributed by atoms with Crippen LogP contribution in [-0.2, 0) is 9.59 Å². The van der Waals surface area contributed by atoms with Crippen molar-refractivity contribution in [2.75, 3.05) is 11.6 Å². The molecule has 3 rings (SSSR count). The van der Waals surface area contributed by atoms with Crippen LogP contribution in [-0.4, -0.2) is 18.4 Å². The van der Waals surface area contributed by atoms with Crippen LogP contribution in [0.3, 0.4) is 0 Å². The monoisotopic (exact) mass is 398 g/mol. The summed E-state index contributed by atoms with van der Waals surface area (Å²) in [5.41, 5.74) is 3.85. The highest BCUT2D eigenvalue weighted by Crippen LogP contribution is 2.28. The Balaban J connectivity index is 1.96. The van der Waals surface area contributed by atoms with Gasteiger partial charge in [0.2, 0.25) is 0 Å². The van der Waals surface area contributed by atoms with Crippen LogP contribution in [0.25, 0.3) is 6.08 Å². The Hall–Kier alpha value is -2.86. The third kappa shape index (κ3) is 3.64. The predicted molar refractivity (Wildman–Crippen MR) is 99.9 cm³/mol. The summed E-state index contributed by atoms with van der Waals surface area (Å²) in [6.45, 7) is 3.95. The van der Waals surface area contributed by atoms with Crippen molar-refractivity contribution in [3.63, 3.8) is 0 Å². The molecule has 0 spiro atoms. The Morgan fingerprint density at radius 3 is 2.64 bits per heavy atom. The number of carbonyl (C=O) groups excluding carboxylic acids is 2. The van der Waals surface area contributed by atoms with E-state index in [0.29, 0.717) is 23.6 Å². The lowest BCUT2D eigenvalue weighted by molar-refractivity contribution is -0.117. The Kier molecular flexibility index (Phi) is 5.00. The van der Waals surface area contributed by atoms with Crippen molar-refractivity contribution in [2.24, 2.45) is 0 Å². The largest absolute Gasteiger partial charge is 0.489 e. The third-order valence-electron chi connectivity index (χ3n) is 3.53. The molecule has 1 aliphatic rings. The molecule has 0 saturated carbocycles. The molecule has 0 bridgehead atoms. The van der Waals surface area contributed by atoms with Gasteiger partial charge in [0.15, 0.2) is 0 Å². The molecule has 5 nitrogen and oxygen atoms in total. The summed E-state index contributed by atoms with van der Waals surface area (Å²) in [6, 6.07) is 14.3. The molecule has 1 N–H and O–H groups in total. The second-order valence-electron chi connectivity index (χ2n) is 5.26. The molecular formula is C19H15BrN2O3. The van der Waals surface area contributed by atoms with Crippen molar-refractivity contribution in [3.05, 3.63) is 76.8 Å². The number of ether oxygens (including phenoxy) is 1. The molecule has 2 amide bonds. The highest BCUT2D eigenvalue weighted by Gasteiger charge is 2.34. The van der Waals surface area contributed by atoms with Gasteiger partial charge in [-0.2, -0.15) is 0 Å². The van der Waals surface area contributed by atoms with Crippen LogP contribution in [0.2, 0.25) is 0 Å². The zero-order chi connectivity index (χ0) is 17.8. The van der Waals surface area contributed by atoms with E-state index in [4.69, 9.17) is 4.74 Å². The van der Waals surface area contributed by atoms with Crippen molar-refractivity contribution >= 4 is 39.5 Å². The maximum atomic E-state index is 12.6. The van der Waals surface area contributed by atoms with E-state index in [1.165, 1.54) is 11.1 Å². The Morgan fingerprint density at radius 1 is 1.16 bits per heavy atom. The van der Waals surface area contributed by atoms with Crippen LogP contribution in [0.5, 0.6) is 5.75 Å². The molecule has 2 aromatic carbocycles. The van der Waals surface area contributed by atoms with Crippen molar-refractivity contribution in [1.82, 2.24) is 5.43 Å². The lowest BCUT2D eigenvalue weighted by atomic mass is 10.1. The normalized spacial score (nSPS) is 15.4. The lowest BCUT2D eigenvalue weighted by Gasteiger charge is -2.14. The summed E-state index contributed by atoms with van der Waals surface area (Å²) in [6.07, 6.45) is 3.16. The van der Waals surface area contributed by atoms with Crippen LogP contribution >= 0.6 is 15.9 Å². The molecule has 25 heavy (non-hydrogen) atoms. The number of nitrogens with one attached hydrogen (secondary N) is 1. The zero-order valence-corrected chi connectivity index (χ0v) is 14.8. The number of hydrogen-bond acceptors (Lipinski definition) is 3. The van der Waals surface area contributed by atoms with Gasteiger partial charge >= 0.3 is 0 Å². The summed E-state index contributed by atoms with van der Waals surface area (Å²) >= 11 is 3.39. The molecule has 1 aliphatic heterocycles. The third-order valence-corrected chi connectivity index (χ3v) is 4.03. The van der Waals surface area contributed by atoms with E-state index in [0.717, 1.165) is 4.47 Å². The maximum absolute atomic E-state index is 12.6. The first kappa shape index (κ1) is 17.0. The van der Waals surface area contributed by atoms with E-state index in [9.17, 15) is 9.59 Å². The van der Waals surface area contributed by atoms with Gasteiger partial charge in [0.1, 0.15) is 17.9 Å². The molecule has 0 unspecified atom stereocenters. The van der Waals surface area contributed by atoms with Crippen LogP contribution in [0.15, 0.2) is 71.2 Å². The molecular weight excluding hydrogens is 384 g/mol. The predicted octanol–water partition coefficient (Wildman–Crippen LogP) is 3.48. The fourth-order valence-corrected chi connectivity index (χ4v) is 2.76. The summed E-state index contributed by atoms with van der Waals surface area (Å²) in [4.78, 5) is 24.9. The van der Waals surface area contributed by atoms with E-state index in [-0.39, 0.29) is 5.57 Å². The summed E-state index contributed by atoms with van der Waals surface area (Å²) in [5, 5.41) is 1.23. The van der Waals surface area contributed by atoms with Gasteiger partial charge in [-0.3, -0.25) is 15.0 Å². The van der Waals surface area contributed by atoms with E-state index >= 15 is 0 Å². The number of carbonyl (C=O) groups is 2. The molecule has 1 fully saturated rings. The highest BCUT2D eigenvalue weighted by molar-refractivity contribution is 9.10. The molecule has 0 atom stereocenters. The number of hydrogen-bond donors (Lipinski definition) is 1. The molecule has 1 heterocycles. The van der Waals surface area contributed by atoms with E-state index in [1.807, 2.05) is 12.1 Å². The Bertz CT molecular complexity index is 862. The SMILES string of the molecule is C=CCOc1ccc(Br)cc1/C=C1/C(=O)NN(c2ccccc2)C1=O. The van der Waals surface area contributed by atoms with Gasteiger partial charge in [-0.15, -0.1) is 0 Å². The summed E-state index contributed by atoms with van der Waals surface area (Å²) in [5.74, 6) is -0.302. The molecule has 6 heteroatoms. The molecule has 0 aliphatic carbocycles. The van der Waals surface area contributed by atoms with E-state index in [2.05, 4.69) is 27.9 Å². The van der Waals surface area contributed by atoms with E-state index < -0.39 is 11.8 Å². The first-order valence-electron chi connectivity index (χ1n) is 7.55. The molecule has 2 aromatic rings. The van der Waals surface area contributed by atoms with Gasteiger partial charge in [-0.05, 0) is 36.4 Å². The van der Waals surface area contributed by atoms with Gasteiger partial charge in [-0.1, -0.05) is 46.8 Å². The van der Waals surface area contributed by atoms with Gasteiger partial charge in [0, 0.05) is 10.0 Å². The molecule has 0 radical (unpaired) electrons. The summed E-state index contributed by atoms with van der Waals surface area (Å²) in [7, 11) is 0. The minimum Gasteiger partial charge on any atom is -0.489 e. The van der Waals surface area contributed by atoms with Crippen molar-refractivity contribution in [1.29, 1.82) is 0 Å². The lowest BCUT2D eigenvalue weighted by Crippen LogP contribution is -2.35. The number of nitrogens with zero attached hydrogens (tertiary/aromatic N) is 1. The van der Waals surface area contributed by atoms with Crippen LogP contribution in [0.4, 0.5) is 5.69 Å². The number of anilines is 1. The topological polar surface area (TPSA) is 58.6 Å². The zero-order valence-electron chi connectivity index (χ0n) is 13.2. The first-order valence-corrected chi connectivity index (χ1v) is 8.35. The second-order valence-corrected chi connectivity index (χ2v) is 6.17. The second kappa shape index (κ2) is 7.36. The van der Waals surface area contributed by atoms with E-state index in [1.54, 1.807) is 42.5 Å². The smallest absolute Gasteiger partial charge is 0.282 e. The van der Waals surface area contributed by atoms with Crippen molar-refractivity contribution < 1.29 is 14.3 Å².